The molecular formula is C24H21N3O2. The molecule has 0 saturated carbocycles. The number of rotatable bonds is 4. The molecule has 5 nitrogen and oxygen atoms in total. The fourth-order valence-electron chi connectivity index (χ4n) is 4.05. The van der Waals surface area contributed by atoms with Crippen LogP contribution in [-0.2, 0) is 12.8 Å². The lowest BCUT2D eigenvalue weighted by molar-refractivity contribution is 0.102. The van der Waals surface area contributed by atoms with Crippen molar-refractivity contribution in [1.82, 2.24) is 9.97 Å². The van der Waals surface area contributed by atoms with E-state index in [-0.39, 0.29) is 5.91 Å². The predicted molar refractivity (Wildman–Crippen MR) is 113 cm³/mol. The quantitative estimate of drug-likeness (QED) is 0.521. The Bertz CT molecular complexity index is 1200. The van der Waals surface area contributed by atoms with Crippen LogP contribution in [0.4, 0.5) is 5.82 Å². The Morgan fingerprint density at radius 3 is 2.79 bits per heavy atom. The first-order chi connectivity index (χ1) is 14.2. The van der Waals surface area contributed by atoms with E-state index in [1.54, 1.807) is 12.4 Å². The zero-order valence-electron chi connectivity index (χ0n) is 16.2. The Balaban J connectivity index is 1.39. The highest BCUT2D eigenvalue weighted by Crippen LogP contribution is 2.30. The summed E-state index contributed by atoms with van der Waals surface area (Å²) >= 11 is 0. The van der Waals surface area contributed by atoms with Crippen molar-refractivity contribution in [3.8, 4) is 11.3 Å². The minimum Gasteiger partial charge on any atom is -0.444 e. The molecule has 2 aromatic heterocycles. The van der Waals surface area contributed by atoms with Gasteiger partial charge in [-0.2, -0.15) is 0 Å². The highest BCUT2D eigenvalue weighted by Gasteiger charge is 2.21. The minimum atomic E-state index is -0.133. The van der Waals surface area contributed by atoms with E-state index in [0.717, 1.165) is 29.2 Å². The molecule has 1 atom stereocenters. The minimum absolute atomic E-state index is 0.133. The summed E-state index contributed by atoms with van der Waals surface area (Å²) in [4.78, 5) is 21.1. The van der Waals surface area contributed by atoms with Gasteiger partial charge in [-0.3, -0.25) is 4.79 Å². The monoisotopic (exact) mass is 383 g/mol. The number of oxazole rings is 1. The molecule has 2 heterocycles. The second-order valence-electron chi connectivity index (χ2n) is 7.62. The van der Waals surface area contributed by atoms with Crippen LogP contribution in [0, 0.1) is 5.92 Å². The van der Waals surface area contributed by atoms with E-state index in [1.165, 1.54) is 23.9 Å². The predicted octanol–water partition coefficient (Wildman–Crippen LogP) is 5.27. The molecule has 0 bridgehead atoms. The molecule has 144 valence electrons. The summed E-state index contributed by atoms with van der Waals surface area (Å²) in [5.41, 5.74) is 4.28. The lowest BCUT2D eigenvalue weighted by Gasteiger charge is -2.08. The molecule has 0 radical (unpaired) electrons. The van der Waals surface area contributed by atoms with Gasteiger partial charge in [0.15, 0.2) is 12.2 Å². The molecule has 1 unspecified atom stereocenters. The maximum Gasteiger partial charge on any atom is 0.256 e. The van der Waals surface area contributed by atoms with Gasteiger partial charge < -0.3 is 9.73 Å². The van der Waals surface area contributed by atoms with Gasteiger partial charge in [-0.15, -0.1) is 0 Å². The van der Waals surface area contributed by atoms with E-state index < -0.39 is 0 Å². The Hall–Kier alpha value is -3.47. The maximum absolute atomic E-state index is 12.8. The number of amides is 1. The van der Waals surface area contributed by atoms with Crippen molar-refractivity contribution in [1.29, 1.82) is 0 Å². The van der Waals surface area contributed by atoms with Crippen LogP contribution >= 0.6 is 0 Å². The lowest BCUT2D eigenvalue weighted by atomic mass is 10.0. The second kappa shape index (κ2) is 7.17. The first-order valence-corrected chi connectivity index (χ1v) is 9.91. The molecule has 29 heavy (non-hydrogen) atoms. The van der Waals surface area contributed by atoms with Gasteiger partial charge in [-0.05, 0) is 59.5 Å². The van der Waals surface area contributed by atoms with Gasteiger partial charge in [-0.1, -0.05) is 31.5 Å². The van der Waals surface area contributed by atoms with Gasteiger partial charge >= 0.3 is 0 Å². The smallest absolute Gasteiger partial charge is 0.256 e. The van der Waals surface area contributed by atoms with E-state index in [4.69, 9.17) is 4.42 Å². The van der Waals surface area contributed by atoms with Crippen molar-refractivity contribution in [3.05, 3.63) is 77.9 Å². The normalized spacial score (nSPS) is 15.4. The van der Waals surface area contributed by atoms with Crippen LogP contribution in [-0.4, -0.2) is 15.9 Å². The summed E-state index contributed by atoms with van der Waals surface area (Å²) in [5.74, 6) is 1.80. The molecule has 5 rings (SSSR count). The number of aromatic nitrogens is 2. The van der Waals surface area contributed by atoms with E-state index in [1.807, 2.05) is 36.4 Å². The molecule has 1 amide bonds. The highest BCUT2D eigenvalue weighted by atomic mass is 16.3. The standard InChI is InChI=1S/C24H21N3O2/c1-2-15-7-16-3-5-18(10-20(16)8-15)24(28)27-23-11-21-9-17(22-13-25-14-29-22)4-6-19(21)12-26-23/h3-6,9-15H,2,7-8H2,1H3,(H,26,27,28). The van der Waals surface area contributed by atoms with Crippen LogP contribution in [0.5, 0.6) is 0 Å². The molecule has 0 fully saturated rings. The van der Waals surface area contributed by atoms with E-state index in [0.29, 0.717) is 23.1 Å². The first kappa shape index (κ1) is 17.6. The fourth-order valence-corrected chi connectivity index (χ4v) is 4.05. The van der Waals surface area contributed by atoms with Crippen molar-refractivity contribution in [3.63, 3.8) is 0 Å². The third-order valence-corrected chi connectivity index (χ3v) is 5.74. The molecule has 2 aromatic carbocycles. The van der Waals surface area contributed by atoms with E-state index >= 15 is 0 Å². The third-order valence-electron chi connectivity index (χ3n) is 5.74. The summed E-state index contributed by atoms with van der Waals surface area (Å²) in [7, 11) is 0. The number of pyridine rings is 1. The van der Waals surface area contributed by atoms with E-state index in [9.17, 15) is 4.79 Å². The van der Waals surface area contributed by atoms with Gasteiger partial charge in [0.05, 0.1) is 6.20 Å². The molecule has 0 spiro atoms. The number of nitrogens with one attached hydrogen (secondary N) is 1. The number of anilines is 1. The van der Waals surface area contributed by atoms with Crippen molar-refractivity contribution < 1.29 is 9.21 Å². The number of fused-ring (bicyclic) bond motifs is 2. The van der Waals surface area contributed by atoms with Gasteiger partial charge in [0.1, 0.15) is 5.82 Å². The van der Waals surface area contributed by atoms with E-state index in [2.05, 4.69) is 28.3 Å². The largest absolute Gasteiger partial charge is 0.444 e. The Morgan fingerprint density at radius 2 is 1.97 bits per heavy atom. The Morgan fingerprint density at radius 1 is 1.07 bits per heavy atom. The Labute approximate surface area is 168 Å². The number of hydrogen-bond donors (Lipinski definition) is 1. The fraction of sp³-hybridized carbons (Fsp3) is 0.208. The van der Waals surface area contributed by atoms with Crippen molar-refractivity contribution in [2.45, 2.75) is 26.2 Å². The zero-order valence-corrected chi connectivity index (χ0v) is 16.2. The average Bonchev–Trinajstić information content (AvgIpc) is 3.42. The molecule has 0 saturated heterocycles. The number of nitrogens with zero attached hydrogens (tertiary/aromatic N) is 2. The summed E-state index contributed by atoms with van der Waals surface area (Å²) in [5, 5.41) is 4.91. The van der Waals surface area contributed by atoms with Gasteiger partial charge in [0.2, 0.25) is 0 Å². The third kappa shape index (κ3) is 3.40. The molecule has 1 N–H and O–H groups in total. The SMILES string of the molecule is CCC1Cc2ccc(C(=O)Nc3cc4cc(-c5cnco5)ccc4cn3)cc2C1. The number of benzene rings is 2. The highest BCUT2D eigenvalue weighted by molar-refractivity contribution is 6.04. The maximum atomic E-state index is 12.8. The van der Waals surface area contributed by atoms with Crippen LogP contribution in [0.2, 0.25) is 0 Å². The lowest BCUT2D eigenvalue weighted by Crippen LogP contribution is -2.13. The number of hydrogen-bond acceptors (Lipinski definition) is 4. The van der Waals surface area contributed by atoms with Crippen LogP contribution in [0.1, 0.15) is 34.8 Å². The van der Waals surface area contributed by atoms with Crippen molar-refractivity contribution in [2.75, 3.05) is 5.32 Å². The second-order valence-corrected chi connectivity index (χ2v) is 7.62. The first-order valence-electron chi connectivity index (χ1n) is 9.91. The number of carbonyl (C=O) groups is 1. The average molecular weight is 383 g/mol. The Kier molecular flexibility index (Phi) is 4.35. The molecular weight excluding hydrogens is 362 g/mol. The van der Waals surface area contributed by atoms with Gasteiger partial charge in [0.25, 0.3) is 5.91 Å². The van der Waals surface area contributed by atoms with Crippen molar-refractivity contribution >= 4 is 22.5 Å². The van der Waals surface area contributed by atoms with Crippen LogP contribution < -0.4 is 5.32 Å². The molecule has 1 aliphatic carbocycles. The summed E-state index contributed by atoms with van der Waals surface area (Å²) in [6.07, 6.45) is 8.22. The van der Waals surface area contributed by atoms with Crippen molar-refractivity contribution in [2.24, 2.45) is 5.92 Å². The summed E-state index contributed by atoms with van der Waals surface area (Å²) < 4.78 is 5.38. The molecule has 0 aliphatic heterocycles. The zero-order chi connectivity index (χ0) is 19.8. The van der Waals surface area contributed by atoms with Gasteiger partial charge in [-0.25, -0.2) is 9.97 Å². The molecule has 4 aromatic rings. The number of carbonyl (C=O) groups excluding carboxylic acids is 1. The summed E-state index contributed by atoms with van der Waals surface area (Å²) in [6, 6.07) is 13.9. The molecule has 5 heteroatoms. The summed E-state index contributed by atoms with van der Waals surface area (Å²) in [6.45, 7) is 2.23. The molecule has 1 aliphatic rings. The van der Waals surface area contributed by atoms with Crippen LogP contribution in [0.25, 0.3) is 22.1 Å². The topological polar surface area (TPSA) is 68.0 Å². The van der Waals surface area contributed by atoms with Crippen LogP contribution in [0.3, 0.4) is 0 Å². The van der Waals surface area contributed by atoms with Crippen LogP contribution in [0.15, 0.2) is 65.7 Å². The van der Waals surface area contributed by atoms with Gasteiger partial charge in [0, 0.05) is 22.7 Å².